The van der Waals surface area contributed by atoms with Crippen LogP contribution in [0.15, 0.2) is 52.9 Å². The summed E-state index contributed by atoms with van der Waals surface area (Å²) in [6.45, 7) is 6.71. The average molecular weight is 440 g/mol. The SMILES string of the molecule is Cc1cc(C)cc(OCc2ccc(C(=O)N3CCN(Cc4cccc(F)c4F)CC3)o2)c1. The molecular formula is C25H26F2N2O3. The van der Waals surface area contributed by atoms with Crippen molar-refractivity contribution in [2.24, 2.45) is 0 Å². The Morgan fingerprint density at radius 3 is 2.44 bits per heavy atom. The molecule has 0 bridgehead atoms. The Bertz CT molecular complexity index is 1080. The van der Waals surface area contributed by atoms with Crippen molar-refractivity contribution in [1.82, 2.24) is 9.80 Å². The number of nitrogens with zero attached hydrogens (tertiary/aromatic N) is 2. The standard InChI is InChI=1S/C25H26F2N2O3/c1-17-12-18(2)14-21(13-17)31-16-20-6-7-23(32-20)25(30)29-10-8-28(9-11-29)15-19-4-3-5-22(26)24(19)27/h3-7,12-14H,8-11,15-16H2,1-2H3. The van der Waals surface area contributed by atoms with E-state index in [2.05, 4.69) is 6.07 Å². The average Bonchev–Trinajstić information content (AvgIpc) is 3.24. The van der Waals surface area contributed by atoms with Gasteiger partial charge in [-0.15, -0.1) is 0 Å². The van der Waals surface area contributed by atoms with Crippen molar-refractivity contribution in [3.8, 4) is 5.75 Å². The first kappa shape index (κ1) is 22.0. The third-order valence-electron chi connectivity index (χ3n) is 5.53. The van der Waals surface area contributed by atoms with E-state index in [-0.39, 0.29) is 18.3 Å². The zero-order valence-electron chi connectivity index (χ0n) is 18.2. The van der Waals surface area contributed by atoms with Crippen LogP contribution in [0.25, 0.3) is 0 Å². The van der Waals surface area contributed by atoms with Gasteiger partial charge in [-0.05, 0) is 55.3 Å². The molecule has 2 aromatic carbocycles. The van der Waals surface area contributed by atoms with Gasteiger partial charge < -0.3 is 14.1 Å². The predicted octanol–water partition coefficient (Wildman–Crippen LogP) is 4.71. The summed E-state index contributed by atoms with van der Waals surface area (Å²) in [5.41, 5.74) is 2.56. The van der Waals surface area contributed by atoms with Gasteiger partial charge in [-0.1, -0.05) is 18.2 Å². The molecule has 2 heterocycles. The highest BCUT2D eigenvalue weighted by molar-refractivity contribution is 5.91. The van der Waals surface area contributed by atoms with E-state index >= 15 is 0 Å². The second-order valence-corrected chi connectivity index (χ2v) is 8.16. The number of rotatable bonds is 6. The lowest BCUT2D eigenvalue weighted by Gasteiger charge is -2.34. The molecule has 0 atom stereocenters. The molecule has 168 valence electrons. The van der Waals surface area contributed by atoms with E-state index in [1.54, 1.807) is 23.1 Å². The normalized spacial score (nSPS) is 14.6. The van der Waals surface area contributed by atoms with Crippen molar-refractivity contribution in [2.45, 2.75) is 27.0 Å². The minimum atomic E-state index is -0.841. The third-order valence-corrected chi connectivity index (χ3v) is 5.53. The molecule has 1 saturated heterocycles. The molecule has 1 fully saturated rings. The summed E-state index contributed by atoms with van der Waals surface area (Å²) in [7, 11) is 0. The Morgan fingerprint density at radius 2 is 1.72 bits per heavy atom. The number of benzene rings is 2. The van der Waals surface area contributed by atoms with Gasteiger partial charge in [-0.2, -0.15) is 0 Å². The van der Waals surface area contributed by atoms with Gasteiger partial charge in [0.15, 0.2) is 17.4 Å². The van der Waals surface area contributed by atoms with Gasteiger partial charge in [0.1, 0.15) is 18.1 Å². The lowest BCUT2D eigenvalue weighted by atomic mass is 10.1. The first-order valence-electron chi connectivity index (χ1n) is 10.6. The van der Waals surface area contributed by atoms with Crippen LogP contribution in [0.1, 0.15) is 33.0 Å². The summed E-state index contributed by atoms with van der Waals surface area (Å²) in [6.07, 6.45) is 0. The summed E-state index contributed by atoms with van der Waals surface area (Å²) in [4.78, 5) is 16.5. The van der Waals surface area contributed by atoms with Gasteiger partial charge in [0.25, 0.3) is 5.91 Å². The topological polar surface area (TPSA) is 45.9 Å². The van der Waals surface area contributed by atoms with Crippen molar-refractivity contribution in [1.29, 1.82) is 0 Å². The van der Waals surface area contributed by atoms with E-state index in [4.69, 9.17) is 9.15 Å². The van der Waals surface area contributed by atoms with Crippen LogP contribution >= 0.6 is 0 Å². The molecule has 5 nitrogen and oxygen atoms in total. The van der Waals surface area contributed by atoms with E-state index < -0.39 is 11.6 Å². The van der Waals surface area contributed by atoms with Crippen molar-refractivity contribution >= 4 is 5.91 Å². The molecule has 0 saturated carbocycles. The Labute approximate surface area is 186 Å². The number of hydrogen-bond donors (Lipinski definition) is 0. The van der Waals surface area contributed by atoms with Crippen LogP contribution in [0.5, 0.6) is 5.75 Å². The number of ether oxygens (including phenoxy) is 1. The number of aryl methyl sites for hydroxylation is 2. The number of furan rings is 1. The zero-order chi connectivity index (χ0) is 22.7. The molecule has 1 amide bonds. The largest absolute Gasteiger partial charge is 0.486 e. The second-order valence-electron chi connectivity index (χ2n) is 8.16. The molecule has 1 aliphatic heterocycles. The van der Waals surface area contributed by atoms with E-state index in [1.807, 2.05) is 30.9 Å². The molecule has 0 radical (unpaired) electrons. The Hall–Kier alpha value is -3.19. The molecule has 0 unspecified atom stereocenters. The monoisotopic (exact) mass is 440 g/mol. The fraction of sp³-hybridized carbons (Fsp3) is 0.320. The minimum Gasteiger partial charge on any atom is -0.486 e. The van der Waals surface area contributed by atoms with E-state index in [0.717, 1.165) is 22.9 Å². The van der Waals surface area contributed by atoms with Gasteiger partial charge in [0.2, 0.25) is 0 Å². The number of carbonyl (C=O) groups is 1. The highest BCUT2D eigenvalue weighted by Gasteiger charge is 2.25. The predicted molar refractivity (Wildman–Crippen MR) is 116 cm³/mol. The number of hydrogen-bond acceptors (Lipinski definition) is 4. The van der Waals surface area contributed by atoms with Crippen LogP contribution in [0.3, 0.4) is 0 Å². The molecule has 0 aliphatic carbocycles. The molecule has 0 N–H and O–H groups in total. The van der Waals surface area contributed by atoms with Gasteiger partial charge in [0, 0.05) is 38.3 Å². The molecule has 0 spiro atoms. The van der Waals surface area contributed by atoms with E-state index in [0.29, 0.717) is 44.0 Å². The molecule has 7 heteroatoms. The van der Waals surface area contributed by atoms with Crippen molar-refractivity contribution in [2.75, 3.05) is 26.2 Å². The summed E-state index contributed by atoms with van der Waals surface area (Å²) in [5, 5.41) is 0. The number of piperazine rings is 1. The molecule has 32 heavy (non-hydrogen) atoms. The van der Waals surface area contributed by atoms with Gasteiger partial charge >= 0.3 is 0 Å². The first-order valence-corrected chi connectivity index (χ1v) is 10.6. The van der Waals surface area contributed by atoms with Crippen LogP contribution in [0, 0.1) is 25.5 Å². The molecule has 4 rings (SSSR count). The lowest BCUT2D eigenvalue weighted by molar-refractivity contribution is 0.0592. The van der Waals surface area contributed by atoms with Crippen LogP contribution in [-0.2, 0) is 13.2 Å². The van der Waals surface area contributed by atoms with Gasteiger partial charge in [-0.25, -0.2) is 8.78 Å². The summed E-state index contributed by atoms with van der Waals surface area (Å²) in [6, 6.07) is 13.6. The fourth-order valence-electron chi connectivity index (χ4n) is 3.92. The quantitative estimate of drug-likeness (QED) is 0.557. The van der Waals surface area contributed by atoms with Crippen molar-refractivity contribution in [3.63, 3.8) is 0 Å². The maximum absolute atomic E-state index is 13.9. The molecule has 1 aromatic heterocycles. The second kappa shape index (κ2) is 9.53. The maximum atomic E-state index is 13.9. The van der Waals surface area contributed by atoms with Crippen LogP contribution < -0.4 is 4.74 Å². The highest BCUT2D eigenvalue weighted by atomic mass is 19.2. The first-order chi connectivity index (χ1) is 15.4. The maximum Gasteiger partial charge on any atom is 0.289 e. The lowest BCUT2D eigenvalue weighted by Crippen LogP contribution is -2.48. The van der Waals surface area contributed by atoms with Crippen LogP contribution in [-0.4, -0.2) is 41.9 Å². The Morgan fingerprint density at radius 1 is 1.00 bits per heavy atom. The highest BCUT2D eigenvalue weighted by Crippen LogP contribution is 2.20. The molecular weight excluding hydrogens is 414 g/mol. The Kier molecular flexibility index (Phi) is 6.55. The summed E-state index contributed by atoms with van der Waals surface area (Å²) in [5.74, 6) is -0.221. The van der Waals surface area contributed by atoms with Crippen LogP contribution in [0.2, 0.25) is 0 Å². The third kappa shape index (κ3) is 5.16. The van der Waals surface area contributed by atoms with Crippen molar-refractivity contribution < 1.29 is 22.7 Å². The number of halogens is 2. The van der Waals surface area contributed by atoms with E-state index in [9.17, 15) is 13.6 Å². The van der Waals surface area contributed by atoms with Gasteiger partial charge in [-0.3, -0.25) is 9.69 Å². The minimum absolute atomic E-state index is 0.181. The molecule has 3 aromatic rings. The number of amides is 1. The van der Waals surface area contributed by atoms with Crippen molar-refractivity contribution in [3.05, 3.63) is 88.4 Å². The van der Waals surface area contributed by atoms with Gasteiger partial charge in [0.05, 0.1) is 0 Å². The smallest absolute Gasteiger partial charge is 0.289 e. The van der Waals surface area contributed by atoms with Crippen LogP contribution in [0.4, 0.5) is 8.78 Å². The zero-order valence-corrected chi connectivity index (χ0v) is 18.2. The number of carbonyl (C=O) groups excluding carboxylic acids is 1. The summed E-state index contributed by atoms with van der Waals surface area (Å²) >= 11 is 0. The molecule has 1 aliphatic rings. The fourth-order valence-corrected chi connectivity index (χ4v) is 3.92. The Balaban J connectivity index is 1.30. The van der Waals surface area contributed by atoms with E-state index in [1.165, 1.54) is 6.07 Å². The summed E-state index contributed by atoms with van der Waals surface area (Å²) < 4.78 is 38.8.